The van der Waals surface area contributed by atoms with Gasteiger partial charge in [-0.05, 0) is 60.2 Å². The summed E-state index contributed by atoms with van der Waals surface area (Å²) >= 11 is 2.77. The lowest BCUT2D eigenvalue weighted by atomic mass is 10.2. The largest absolute Gasteiger partial charge is 0.322 e. The highest BCUT2D eigenvalue weighted by atomic mass is 32.2. The van der Waals surface area contributed by atoms with E-state index >= 15 is 0 Å². The molecule has 5 nitrogen and oxygen atoms in total. The number of carbonyl (C=O) groups excluding carboxylic acids is 1. The van der Waals surface area contributed by atoms with Gasteiger partial charge in [0.2, 0.25) is 0 Å². The van der Waals surface area contributed by atoms with E-state index in [2.05, 4.69) is 5.32 Å². The van der Waals surface area contributed by atoms with Crippen molar-refractivity contribution in [3.63, 3.8) is 0 Å². The van der Waals surface area contributed by atoms with Crippen LogP contribution in [0, 0.1) is 0 Å². The minimum atomic E-state index is -3.59. The Morgan fingerprint density at radius 1 is 1.07 bits per heavy atom. The maximum Gasteiger partial charge on any atom is 0.273 e. The molecule has 0 unspecified atom stereocenters. The van der Waals surface area contributed by atoms with E-state index in [1.54, 1.807) is 53.5 Å². The Morgan fingerprint density at radius 2 is 1.81 bits per heavy atom. The molecule has 8 heteroatoms. The number of thiophene rings is 1. The second-order valence-electron chi connectivity index (χ2n) is 5.64. The van der Waals surface area contributed by atoms with E-state index in [1.807, 2.05) is 30.5 Å². The molecule has 0 fully saturated rings. The Balaban J connectivity index is 1.75. The van der Waals surface area contributed by atoms with Gasteiger partial charge in [0.1, 0.15) is 4.21 Å². The molecule has 0 aliphatic rings. The minimum Gasteiger partial charge on any atom is -0.322 e. The second-order valence-corrected chi connectivity index (χ2v) is 9.66. The number of sulfonamides is 1. The minimum absolute atomic E-state index is 0.247. The fourth-order valence-corrected chi connectivity index (χ4v) is 5.23. The number of rotatable bonds is 6. The van der Waals surface area contributed by atoms with Gasteiger partial charge in [-0.3, -0.25) is 9.10 Å². The zero-order chi connectivity index (χ0) is 19.4. The lowest BCUT2D eigenvalue weighted by Crippen LogP contribution is -2.25. The van der Waals surface area contributed by atoms with Crippen molar-refractivity contribution in [3.8, 4) is 0 Å². The second kappa shape index (κ2) is 8.16. The van der Waals surface area contributed by atoms with Gasteiger partial charge in [-0.2, -0.15) is 0 Å². The molecule has 27 heavy (non-hydrogen) atoms. The van der Waals surface area contributed by atoms with Gasteiger partial charge in [0.05, 0.1) is 5.69 Å². The number of hydrogen-bond donors (Lipinski definition) is 1. The van der Waals surface area contributed by atoms with Crippen LogP contribution >= 0.6 is 23.1 Å². The van der Waals surface area contributed by atoms with E-state index in [0.29, 0.717) is 16.9 Å². The highest BCUT2D eigenvalue weighted by Crippen LogP contribution is 2.25. The van der Waals surface area contributed by atoms with Crippen molar-refractivity contribution in [1.29, 1.82) is 0 Å². The molecule has 0 saturated heterocycles. The molecule has 1 amide bonds. The van der Waals surface area contributed by atoms with Crippen LogP contribution in [0.25, 0.3) is 0 Å². The Morgan fingerprint density at radius 3 is 2.44 bits per heavy atom. The quantitative estimate of drug-likeness (QED) is 0.597. The van der Waals surface area contributed by atoms with Crippen LogP contribution in [0.4, 0.5) is 11.4 Å². The first-order chi connectivity index (χ1) is 12.9. The van der Waals surface area contributed by atoms with Gasteiger partial charge in [0.25, 0.3) is 15.9 Å². The topological polar surface area (TPSA) is 66.5 Å². The van der Waals surface area contributed by atoms with Crippen molar-refractivity contribution in [2.24, 2.45) is 0 Å². The predicted molar refractivity (Wildman–Crippen MR) is 113 cm³/mol. The molecule has 1 aromatic heterocycles. The number of benzene rings is 2. The van der Waals surface area contributed by atoms with Gasteiger partial charge in [0.15, 0.2) is 0 Å². The molecule has 1 heterocycles. The van der Waals surface area contributed by atoms with Gasteiger partial charge in [-0.15, -0.1) is 23.1 Å². The standard InChI is InChI=1S/C19H18N2O3S3/c1-21(27(23,24)18-7-4-12-26-18)16-10-8-14(9-11-16)19(22)20-15-5-3-6-17(13-15)25-2/h3-13H,1-2H3,(H,20,22). The van der Waals surface area contributed by atoms with Crippen LogP contribution in [0.15, 0.2) is 75.1 Å². The summed E-state index contributed by atoms with van der Waals surface area (Å²) in [6.07, 6.45) is 1.97. The Bertz CT molecular complexity index is 1030. The zero-order valence-electron chi connectivity index (χ0n) is 14.7. The normalized spacial score (nSPS) is 11.2. The fraction of sp³-hybridized carbons (Fsp3) is 0.105. The first-order valence-corrected chi connectivity index (χ1v) is 11.5. The summed E-state index contributed by atoms with van der Waals surface area (Å²) in [6, 6.07) is 17.3. The van der Waals surface area contributed by atoms with Gasteiger partial charge < -0.3 is 5.32 Å². The molecule has 0 aliphatic carbocycles. The molecule has 140 valence electrons. The lowest BCUT2D eigenvalue weighted by Gasteiger charge is -2.18. The lowest BCUT2D eigenvalue weighted by molar-refractivity contribution is 0.102. The van der Waals surface area contributed by atoms with Crippen molar-refractivity contribution in [3.05, 3.63) is 71.6 Å². The first kappa shape index (κ1) is 19.5. The summed E-state index contributed by atoms with van der Waals surface area (Å²) < 4.78 is 26.6. The summed E-state index contributed by atoms with van der Waals surface area (Å²) in [7, 11) is -2.09. The third-order valence-electron chi connectivity index (χ3n) is 3.93. The van der Waals surface area contributed by atoms with Crippen molar-refractivity contribution < 1.29 is 13.2 Å². The van der Waals surface area contributed by atoms with Crippen molar-refractivity contribution in [2.45, 2.75) is 9.10 Å². The first-order valence-electron chi connectivity index (χ1n) is 8.00. The fourth-order valence-electron chi connectivity index (χ4n) is 2.41. The van der Waals surface area contributed by atoms with Crippen LogP contribution in [0.1, 0.15) is 10.4 Å². The van der Waals surface area contributed by atoms with Crippen LogP contribution in [0.5, 0.6) is 0 Å². The van der Waals surface area contributed by atoms with Crippen molar-refractivity contribution in [1.82, 2.24) is 0 Å². The van der Waals surface area contributed by atoms with Gasteiger partial charge in [-0.25, -0.2) is 8.42 Å². The number of anilines is 2. The molecular formula is C19H18N2O3S3. The highest BCUT2D eigenvalue weighted by Gasteiger charge is 2.22. The SMILES string of the molecule is CSc1cccc(NC(=O)c2ccc(N(C)S(=O)(=O)c3cccs3)cc2)c1. The zero-order valence-corrected chi connectivity index (χ0v) is 17.2. The maximum atomic E-state index is 12.6. The van der Waals surface area contributed by atoms with E-state index in [1.165, 1.54) is 22.7 Å². The molecule has 2 aromatic carbocycles. The van der Waals surface area contributed by atoms with Crippen LogP contribution in [-0.4, -0.2) is 27.6 Å². The Hall–Kier alpha value is -2.29. The van der Waals surface area contributed by atoms with Crippen LogP contribution in [0.2, 0.25) is 0 Å². The number of nitrogens with one attached hydrogen (secondary N) is 1. The highest BCUT2D eigenvalue weighted by molar-refractivity contribution is 7.98. The summed E-state index contributed by atoms with van der Waals surface area (Å²) in [5, 5.41) is 4.57. The molecule has 0 spiro atoms. The number of carbonyl (C=O) groups is 1. The van der Waals surface area contributed by atoms with Crippen LogP contribution in [0.3, 0.4) is 0 Å². The maximum absolute atomic E-state index is 12.6. The van der Waals surface area contributed by atoms with Crippen LogP contribution < -0.4 is 9.62 Å². The molecule has 3 aromatic rings. The van der Waals surface area contributed by atoms with Gasteiger partial charge >= 0.3 is 0 Å². The molecule has 0 saturated carbocycles. The molecule has 0 aliphatic heterocycles. The number of amides is 1. The average Bonchev–Trinajstić information content (AvgIpc) is 3.23. The van der Waals surface area contributed by atoms with E-state index in [0.717, 1.165) is 4.90 Å². The molecular weight excluding hydrogens is 400 g/mol. The molecule has 3 rings (SSSR count). The smallest absolute Gasteiger partial charge is 0.273 e. The number of nitrogens with zero attached hydrogens (tertiary/aromatic N) is 1. The molecule has 0 radical (unpaired) electrons. The summed E-state index contributed by atoms with van der Waals surface area (Å²) in [6.45, 7) is 0. The number of thioether (sulfide) groups is 1. The van der Waals surface area contributed by atoms with Gasteiger partial charge in [0, 0.05) is 23.2 Å². The number of hydrogen-bond acceptors (Lipinski definition) is 5. The van der Waals surface area contributed by atoms with Gasteiger partial charge in [-0.1, -0.05) is 12.1 Å². The third-order valence-corrected chi connectivity index (χ3v) is 7.81. The Kier molecular flexibility index (Phi) is 5.88. The van der Waals surface area contributed by atoms with Crippen molar-refractivity contribution in [2.75, 3.05) is 22.9 Å². The van der Waals surface area contributed by atoms with Crippen LogP contribution in [-0.2, 0) is 10.0 Å². The average molecular weight is 419 g/mol. The molecule has 0 atom stereocenters. The van der Waals surface area contributed by atoms with E-state index in [4.69, 9.17) is 0 Å². The summed E-state index contributed by atoms with van der Waals surface area (Å²) in [5.41, 5.74) is 1.66. The Labute approximate surface area is 167 Å². The predicted octanol–water partition coefficient (Wildman–Crippen LogP) is 4.55. The van der Waals surface area contributed by atoms with Crippen molar-refractivity contribution >= 4 is 50.4 Å². The van der Waals surface area contributed by atoms with E-state index in [-0.39, 0.29) is 10.1 Å². The molecule has 0 bridgehead atoms. The van der Waals surface area contributed by atoms with E-state index in [9.17, 15) is 13.2 Å². The molecule has 1 N–H and O–H groups in total. The monoisotopic (exact) mass is 418 g/mol. The van der Waals surface area contributed by atoms with E-state index < -0.39 is 10.0 Å². The summed E-state index contributed by atoms with van der Waals surface area (Å²) in [4.78, 5) is 13.5. The summed E-state index contributed by atoms with van der Waals surface area (Å²) in [5.74, 6) is -0.247. The third kappa shape index (κ3) is 4.35.